The van der Waals surface area contributed by atoms with Crippen molar-refractivity contribution in [2.45, 2.75) is 20.4 Å². The molecule has 132 valence electrons. The summed E-state index contributed by atoms with van der Waals surface area (Å²) in [6.45, 7) is 4.58. The first-order chi connectivity index (χ1) is 12.5. The molecule has 0 fully saturated rings. The Morgan fingerprint density at radius 2 is 1.73 bits per heavy atom. The van der Waals surface area contributed by atoms with Crippen molar-refractivity contribution < 1.29 is 4.79 Å². The minimum Gasteiger partial charge on any atom is -0.350 e. The zero-order valence-electron chi connectivity index (χ0n) is 14.6. The monoisotopic (exact) mass is 366 g/mol. The summed E-state index contributed by atoms with van der Waals surface area (Å²) in [6, 6.07) is 13.6. The van der Waals surface area contributed by atoms with E-state index in [4.69, 9.17) is 11.6 Å². The molecule has 0 aliphatic heterocycles. The molecule has 6 heteroatoms. The molecule has 0 saturated heterocycles. The zero-order valence-corrected chi connectivity index (χ0v) is 15.3. The summed E-state index contributed by atoms with van der Waals surface area (Å²) >= 11 is 6.07. The lowest BCUT2D eigenvalue weighted by molar-refractivity contribution is 0.102. The Morgan fingerprint density at radius 1 is 1.04 bits per heavy atom. The molecule has 2 aromatic carbocycles. The summed E-state index contributed by atoms with van der Waals surface area (Å²) in [7, 11) is 0. The standard InChI is InChI=1S/C20H19ClN4O/c1-13-3-6-15(7-4-13)10-22-20-23-11-16(12-24-20)19(26)25-17-8-5-14(2)18(21)9-17/h3-9,11-12H,10H2,1-2H3,(H,25,26)(H,22,23,24). The van der Waals surface area contributed by atoms with E-state index in [1.807, 2.05) is 13.0 Å². The number of hydrogen-bond acceptors (Lipinski definition) is 4. The van der Waals surface area contributed by atoms with Gasteiger partial charge in [0.05, 0.1) is 5.56 Å². The van der Waals surface area contributed by atoms with Crippen LogP contribution in [-0.4, -0.2) is 15.9 Å². The average molecular weight is 367 g/mol. The Balaban J connectivity index is 1.60. The molecule has 0 unspecified atom stereocenters. The first-order valence-corrected chi connectivity index (χ1v) is 8.58. The van der Waals surface area contributed by atoms with Crippen molar-refractivity contribution in [2.24, 2.45) is 0 Å². The predicted octanol–water partition coefficient (Wildman–Crippen LogP) is 4.61. The zero-order chi connectivity index (χ0) is 18.5. The van der Waals surface area contributed by atoms with E-state index < -0.39 is 0 Å². The minimum atomic E-state index is -0.282. The molecule has 0 aliphatic rings. The third kappa shape index (κ3) is 4.58. The third-order valence-corrected chi connectivity index (χ3v) is 4.32. The molecule has 0 radical (unpaired) electrons. The van der Waals surface area contributed by atoms with Crippen LogP contribution in [-0.2, 0) is 6.54 Å². The van der Waals surface area contributed by atoms with Crippen LogP contribution in [0.1, 0.15) is 27.0 Å². The number of aryl methyl sites for hydroxylation is 2. The fraction of sp³-hybridized carbons (Fsp3) is 0.150. The molecule has 26 heavy (non-hydrogen) atoms. The Hall–Kier alpha value is -2.92. The van der Waals surface area contributed by atoms with Crippen LogP contribution in [0.15, 0.2) is 54.9 Å². The fourth-order valence-electron chi connectivity index (χ4n) is 2.30. The SMILES string of the molecule is Cc1ccc(CNc2ncc(C(=O)Nc3ccc(C)c(Cl)c3)cn2)cc1. The van der Waals surface area contributed by atoms with Crippen LogP contribution in [0.25, 0.3) is 0 Å². The van der Waals surface area contributed by atoms with Gasteiger partial charge in [0.2, 0.25) is 5.95 Å². The normalized spacial score (nSPS) is 10.4. The van der Waals surface area contributed by atoms with Crippen LogP contribution >= 0.6 is 11.6 Å². The topological polar surface area (TPSA) is 66.9 Å². The first-order valence-electron chi connectivity index (χ1n) is 8.20. The van der Waals surface area contributed by atoms with E-state index in [9.17, 15) is 4.79 Å². The number of rotatable bonds is 5. The number of hydrogen-bond donors (Lipinski definition) is 2. The molecule has 2 N–H and O–H groups in total. The molecule has 0 atom stereocenters. The number of carbonyl (C=O) groups excluding carboxylic acids is 1. The highest BCUT2D eigenvalue weighted by molar-refractivity contribution is 6.31. The van der Waals surface area contributed by atoms with Gasteiger partial charge in [-0.1, -0.05) is 47.5 Å². The van der Waals surface area contributed by atoms with Crippen LogP contribution < -0.4 is 10.6 Å². The largest absolute Gasteiger partial charge is 0.350 e. The minimum absolute atomic E-state index is 0.282. The fourth-order valence-corrected chi connectivity index (χ4v) is 2.48. The van der Waals surface area contributed by atoms with Gasteiger partial charge < -0.3 is 10.6 Å². The smallest absolute Gasteiger partial charge is 0.258 e. The van der Waals surface area contributed by atoms with E-state index in [-0.39, 0.29) is 5.91 Å². The molecular weight excluding hydrogens is 348 g/mol. The molecule has 3 rings (SSSR count). The quantitative estimate of drug-likeness (QED) is 0.691. The lowest BCUT2D eigenvalue weighted by atomic mass is 10.1. The average Bonchev–Trinajstić information content (AvgIpc) is 2.65. The van der Waals surface area contributed by atoms with Gasteiger partial charge in [0, 0.05) is 29.6 Å². The highest BCUT2D eigenvalue weighted by atomic mass is 35.5. The van der Waals surface area contributed by atoms with Crippen LogP contribution in [0.2, 0.25) is 5.02 Å². The summed E-state index contributed by atoms with van der Waals surface area (Å²) in [5.41, 5.74) is 4.32. The number of benzene rings is 2. The van der Waals surface area contributed by atoms with Crippen molar-refractivity contribution >= 4 is 29.1 Å². The molecule has 0 bridgehead atoms. The van der Waals surface area contributed by atoms with E-state index in [0.29, 0.717) is 28.8 Å². The molecule has 3 aromatic rings. The second-order valence-electron chi connectivity index (χ2n) is 6.05. The van der Waals surface area contributed by atoms with Crippen LogP contribution in [0.5, 0.6) is 0 Å². The van der Waals surface area contributed by atoms with E-state index >= 15 is 0 Å². The molecule has 1 heterocycles. The van der Waals surface area contributed by atoms with Gasteiger partial charge in [-0.25, -0.2) is 9.97 Å². The van der Waals surface area contributed by atoms with Crippen molar-refractivity contribution in [2.75, 3.05) is 10.6 Å². The Kier molecular flexibility index (Phi) is 5.49. The number of nitrogens with one attached hydrogen (secondary N) is 2. The van der Waals surface area contributed by atoms with Crippen LogP contribution in [0.3, 0.4) is 0 Å². The van der Waals surface area contributed by atoms with Gasteiger partial charge in [0.25, 0.3) is 5.91 Å². The number of aromatic nitrogens is 2. The Morgan fingerprint density at radius 3 is 2.38 bits per heavy atom. The second kappa shape index (κ2) is 7.97. The molecule has 1 aromatic heterocycles. The maximum atomic E-state index is 12.3. The van der Waals surface area contributed by atoms with Gasteiger partial charge in [-0.05, 0) is 37.1 Å². The van der Waals surface area contributed by atoms with E-state index in [1.165, 1.54) is 18.0 Å². The van der Waals surface area contributed by atoms with Crippen LogP contribution in [0, 0.1) is 13.8 Å². The summed E-state index contributed by atoms with van der Waals surface area (Å²) in [5, 5.41) is 6.53. The maximum Gasteiger partial charge on any atom is 0.258 e. The van der Waals surface area contributed by atoms with Gasteiger partial charge >= 0.3 is 0 Å². The van der Waals surface area contributed by atoms with Crippen molar-refractivity contribution in [3.05, 3.63) is 82.1 Å². The van der Waals surface area contributed by atoms with E-state index in [2.05, 4.69) is 51.8 Å². The first kappa shape index (κ1) is 17.9. The summed E-state index contributed by atoms with van der Waals surface area (Å²) in [5.74, 6) is 0.190. The number of amides is 1. The molecular formula is C20H19ClN4O. The Labute approximate surface area is 157 Å². The summed E-state index contributed by atoms with van der Waals surface area (Å²) in [6.07, 6.45) is 2.99. The second-order valence-corrected chi connectivity index (χ2v) is 6.46. The van der Waals surface area contributed by atoms with Gasteiger partial charge in [-0.15, -0.1) is 0 Å². The van der Waals surface area contributed by atoms with Crippen LogP contribution in [0.4, 0.5) is 11.6 Å². The number of carbonyl (C=O) groups is 1. The molecule has 0 spiro atoms. The van der Waals surface area contributed by atoms with Crippen molar-refractivity contribution in [1.82, 2.24) is 9.97 Å². The van der Waals surface area contributed by atoms with Crippen molar-refractivity contribution in [3.63, 3.8) is 0 Å². The van der Waals surface area contributed by atoms with Gasteiger partial charge in [-0.2, -0.15) is 0 Å². The lowest BCUT2D eigenvalue weighted by Crippen LogP contribution is -2.13. The van der Waals surface area contributed by atoms with Crippen molar-refractivity contribution in [3.8, 4) is 0 Å². The van der Waals surface area contributed by atoms with Gasteiger partial charge in [0.15, 0.2) is 0 Å². The highest BCUT2D eigenvalue weighted by Gasteiger charge is 2.08. The number of halogens is 1. The Bertz CT molecular complexity index is 908. The number of nitrogens with zero attached hydrogens (tertiary/aromatic N) is 2. The number of anilines is 2. The molecule has 0 aliphatic carbocycles. The highest BCUT2D eigenvalue weighted by Crippen LogP contribution is 2.20. The van der Waals surface area contributed by atoms with Crippen molar-refractivity contribution in [1.29, 1.82) is 0 Å². The van der Waals surface area contributed by atoms with Gasteiger partial charge in [-0.3, -0.25) is 4.79 Å². The van der Waals surface area contributed by atoms with E-state index in [1.54, 1.807) is 12.1 Å². The lowest BCUT2D eigenvalue weighted by Gasteiger charge is -2.08. The third-order valence-electron chi connectivity index (χ3n) is 3.91. The molecule has 1 amide bonds. The summed E-state index contributed by atoms with van der Waals surface area (Å²) < 4.78 is 0. The van der Waals surface area contributed by atoms with E-state index in [0.717, 1.165) is 11.1 Å². The predicted molar refractivity (Wildman–Crippen MR) is 105 cm³/mol. The molecule has 0 saturated carbocycles. The van der Waals surface area contributed by atoms with Gasteiger partial charge in [0.1, 0.15) is 0 Å². The maximum absolute atomic E-state index is 12.3. The summed E-state index contributed by atoms with van der Waals surface area (Å²) in [4.78, 5) is 20.7. The molecule has 5 nitrogen and oxygen atoms in total.